The third-order valence-corrected chi connectivity index (χ3v) is 1.78. The molecule has 0 aliphatic heterocycles. The summed E-state index contributed by atoms with van der Waals surface area (Å²) in [6.07, 6.45) is 0.581. The highest BCUT2D eigenvalue weighted by Gasteiger charge is 2.10. The number of hydrogen-bond donors (Lipinski definition) is 2. The normalized spacial score (nSPS) is 10.5. The Labute approximate surface area is 95.2 Å². The van der Waals surface area contributed by atoms with Crippen molar-refractivity contribution in [1.29, 1.82) is 0 Å². The van der Waals surface area contributed by atoms with Crippen LogP contribution in [-0.2, 0) is 9.59 Å². The highest BCUT2D eigenvalue weighted by atomic mass is 16.4. The van der Waals surface area contributed by atoms with E-state index in [1.807, 2.05) is 0 Å². The van der Waals surface area contributed by atoms with Crippen LogP contribution in [0.1, 0.15) is 5.56 Å². The minimum absolute atomic E-state index is 0.185. The molecular formula is C10H7N3O4. The molecule has 1 aromatic carbocycles. The second-order valence-corrected chi connectivity index (χ2v) is 2.94. The molecule has 0 bridgehead atoms. The van der Waals surface area contributed by atoms with Gasteiger partial charge in [-0.1, -0.05) is 23.3 Å². The van der Waals surface area contributed by atoms with Crippen molar-refractivity contribution in [3.05, 3.63) is 46.3 Å². The number of ketones is 1. The van der Waals surface area contributed by atoms with Crippen LogP contribution in [0.2, 0.25) is 0 Å². The number of carbonyl (C=O) groups is 2. The number of hydrogen-bond acceptors (Lipinski definition) is 4. The molecular weight excluding hydrogens is 226 g/mol. The minimum atomic E-state index is -1.66. The predicted molar refractivity (Wildman–Crippen MR) is 58.5 cm³/mol. The van der Waals surface area contributed by atoms with Gasteiger partial charge in [0.15, 0.2) is 0 Å². The largest absolute Gasteiger partial charge is 0.507 e. The molecule has 0 unspecified atom stereocenters. The standard InChI is InChI=1S/C10H7N3O4/c11-13-12-7-3-1-2-6(4-7)8(14)5-9(15)10(16)17/h1-5,14H,(H,16,17)/b8-5-. The molecule has 2 N–H and O–H groups in total. The monoisotopic (exact) mass is 233 g/mol. The van der Waals surface area contributed by atoms with Gasteiger partial charge >= 0.3 is 5.97 Å². The van der Waals surface area contributed by atoms with Gasteiger partial charge in [0.25, 0.3) is 5.78 Å². The van der Waals surface area contributed by atoms with E-state index in [4.69, 9.17) is 10.6 Å². The van der Waals surface area contributed by atoms with Gasteiger partial charge < -0.3 is 10.2 Å². The molecule has 1 aromatic rings. The first-order valence-corrected chi connectivity index (χ1v) is 4.38. The third kappa shape index (κ3) is 3.37. The summed E-state index contributed by atoms with van der Waals surface area (Å²) in [5.74, 6) is -3.41. The van der Waals surface area contributed by atoms with Gasteiger partial charge in [-0.15, -0.1) is 0 Å². The van der Waals surface area contributed by atoms with E-state index in [9.17, 15) is 14.7 Å². The number of aliphatic carboxylic acids is 1. The van der Waals surface area contributed by atoms with Crippen molar-refractivity contribution in [3.63, 3.8) is 0 Å². The number of benzene rings is 1. The molecule has 0 aromatic heterocycles. The van der Waals surface area contributed by atoms with E-state index in [1.165, 1.54) is 24.3 Å². The number of carbonyl (C=O) groups excluding carboxylic acids is 1. The fraction of sp³-hybridized carbons (Fsp3) is 0. The SMILES string of the molecule is [N-]=[N+]=Nc1cccc(/C(O)=C/C(=O)C(=O)O)c1. The number of azide groups is 1. The number of carboxylic acids is 1. The molecule has 1 rings (SSSR count). The second kappa shape index (κ2) is 5.34. The van der Waals surface area contributed by atoms with Gasteiger partial charge in [0.05, 0.1) is 0 Å². The first-order valence-electron chi connectivity index (χ1n) is 4.38. The van der Waals surface area contributed by atoms with Gasteiger partial charge in [-0.25, -0.2) is 4.79 Å². The van der Waals surface area contributed by atoms with Crippen molar-refractivity contribution in [2.24, 2.45) is 5.11 Å². The fourth-order valence-corrected chi connectivity index (χ4v) is 1.05. The summed E-state index contributed by atoms with van der Waals surface area (Å²) in [7, 11) is 0. The number of carboxylic acid groups (broad SMARTS) is 1. The molecule has 7 heteroatoms. The zero-order valence-electron chi connectivity index (χ0n) is 8.44. The van der Waals surface area contributed by atoms with E-state index in [0.29, 0.717) is 6.08 Å². The minimum Gasteiger partial charge on any atom is -0.507 e. The van der Waals surface area contributed by atoms with Crippen LogP contribution >= 0.6 is 0 Å². The van der Waals surface area contributed by atoms with Crippen LogP contribution in [0.5, 0.6) is 0 Å². The van der Waals surface area contributed by atoms with E-state index >= 15 is 0 Å². The fourth-order valence-electron chi connectivity index (χ4n) is 1.05. The molecule has 0 aliphatic carbocycles. The van der Waals surface area contributed by atoms with Crippen LogP contribution in [-0.4, -0.2) is 22.0 Å². The van der Waals surface area contributed by atoms with E-state index in [-0.39, 0.29) is 11.3 Å². The first-order chi connectivity index (χ1) is 8.04. The summed E-state index contributed by atoms with van der Waals surface area (Å²) in [4.78, 5) is 23.6. The molecule has 0 spiro atoms. The lowest BCUT2D eigenvalue weighted by Gasteiger charge is -2.00. The number of aliphatic hydroxyl groups is 1. The van der Waals surface area contributed by atoms with Crippen LogP contribution in [0.25, 0.3) is 16.2 Å². The average Bonchev–Trinajstić information content (AvgIpc) is 2.29. The first kappa shape index (κ1) is 12.3. The van der Waals surface area contributed by atoms with Gasteiger partial charge in [0, 0.05) is 22.2 Å². The lowest BCUT2D eigenvalue weighted by Crippen LogP contribution is -2.09. The summed E-state index contributed by atoms with van der Waals surface area (Å²) in [5.41, 5.74) is 8.64. The zero-order valence-corrected chi connectivity index (χ0v) is 8.44. The van der Waals surface area contributed by atoms with Crippen LogP contribution in [0.4, 0.5) is 5.69 Å². The summed E-state index contributed by atoms with van der Waals surface area (Å²) >= 11 is 0. The summed E-state index contributed by atoms with van der Waals surface area (Å²) in [5, 5.41) is 21.1. The van der Waals surface area contributed by atoms with Gasteiger partial charge in [-0.3, -0.25) is 4.79 Å². The number of nitrogens with zero attached hydrogens (tertiary/aromatic N) is 3. The molecule has 86 valence electrons. The highest BCUT2D eigenvalue weighted by Crippen LogP contribution is 2.19. The lowest BCUT2D eigenvalue weighted by atomic mass is 10.1. The quantitative estimate of drug-likeness (QED) is 0.206. The van der Waals surface area contributed by atoms with Crippen molar-refractivity contribution >= 4 is 23.2 Å². The maximum atomic E-state index is 10.8. The van der Waals surface area contributed by atoms with Crippen LogP contribution < -0.4 is 0 Å². The molecule has 0 radical (unpaired) electrons. The van der Waals surface area contributed by atoms with Gasteiger partial charge in [-0.05, 0) is 11.6 Å². The Hall–Kier alpha value is -2.79. The molecule has 0 heterocycles. The smallest absolute Gasteiger partial charge is 0.376 e. The Morgan fingerprint density at radius 2 is 2.06 bits per heavy atom. The molecule has 0 atom stereocenters. The summed E-state index contributed by atoms with van der Waals surface area (Å²) in [6.45, 7) is 0. The molecule has 0 amide bonds. The predicted octanol–water partition coefficient (Wildman–Crippen LogP) is 2.18. The summed E-state index contributed by atoms with van der Waals surface area (Å²) in [6, 6.07) is 5.75. The van der Waals surface area contributed by atoms with Crippen LogP contribution in [0.15, 0.2) is 35.5 Å². The molecule has 0 saturated carbocycles. The van der Waals surface area contributed by atoms with Crippen molar-refractivity contribution in [1.82, 2.24) is 0 Å². The van der Waals surface area contributed by atoms with E-state index in [1.54, 1.807) is 0 Å². The van der Waals surface area contributed by atoms with Crippen molar-refractivity contribution in [2.45, 2.75) is 0 Å². The number of rotatable bonds is 4. The Kier molecular flexibility index (Phi) is 3.86. The van der Waals surface area contributed by atoms with Crippen molar-refractivity contribution in [2.75, 3.05) is 0 Å². The Bertz CT molecular complexity index is 544. The van der Waals surface area contributed by atoms with E-state index < -0.39 is 17.5 Å². The maximum Gasteiger partial charge on any atom is 0.376 e. The van der Waals surface area contributed by atoms with Crippen molar-refractivity contribution < 1.29 is 19.8 Å². The topological polar surface area (TPSA) is 123 Å². The van der Waals surface area contributed by atoms with E-state index in [0.717, 1.165) is 0 Å². The van der Waals surface area contributed by atoms with Gasteiger partial charge in [0.2, 0.25) is 0 Å². The van der Waals surface area contributed by atoms with Gasteiger partial charge in [-0.2, -0.15) is 0 Å². The Balaban J connectivity index is 3.08. The highest BCUT2D eigenvalue weighted by molar-refractivity contribution is 6.38. The zero-order chi connectivity index (χ0) is 12.8. The molecule has 0 aliphatic rings. The Morgan fingerprint density at radius 1 is 1.35 bits per heavy atom. The molecule has 7 nitrogen and oxygen atoms in total. The number of aliphatic hydroxyl groups excluding tert-OH is 1. The van der Waals surface area contributed by atoms with E-state index in [2.05, 4.69) is 10.0 Å². The molecule has 0 saturated heterocycles. The second-order valence-electron chi connectivity index (χ2n) is 2.94. The van der Waals surface area contributed by atoms with Crippen LogP contribution in [0.3, 0.4) is 0 Å². The Morgan fingerprint density at radius 3 is 2.65 bits per heavy atom. The average molecular weight is 233 g/mol. The summed E-state index contributed by atoms with van der Waals surface area (Å²) < 4.78 is 0. The maximum absolute atomic E-state index is 10.8. The van der Waals surface area contributed by atoms with Crippen molar-refractivity contribution in [3.8, 4) is 0 Å². The lowest BCUT2D eigenvalue weighted by molar-refractivity contribution is -0.146. The third-order valence-electron chi connectivity index (χ3n) is 1.78. The van der Waals surface area contributed by atoms with Crippen LogP contribution in [0, 0.1) is 0 Å². The van der Waals surface area contributed by atoms with Gasteiger partial charge in [0.1, 0.15) is 5.76 Å². The molecule has 17 heavy (non-hydrogen) atoms. The molecule has 0 fully saturated rings.